The number of β-amino-alcohol motifs (C(OH)–C–C–N with tert-alkyl or cyclic N) is 1. The highest BCUT2D eigenvalue weighted by molar-refractivity contribution is 7.13. The molecule has 4 N–H and O–H groups in total. The lowest BCUT2D eigenvalue weighted by Crippen LogP contribution is -2.60. The number of unbranched alkanes of at least 4 members (excludes halogenated alkanes) is 1. The number of benzene rings is 2. The highest BCUT2D eigenvalue weighted by Gasteiger charge is 2.51. The van der Waals surface area contributed by atoms with Crippen LogP contribution in [0.15, 0.2) is 84.6 Å². The maximum absolute atomic E-state index is 14.3. The number of hydrogen-bond acceptors (Lipinski definition) is 10. The van der Waals surface area contributed by atoms with Gasteiger partial charge in [0, 0.05) is 81.2 Å². The third kappa shape index (κ3) is 13.1. The standard InChI is InChI=1S/C57H72N8O7S/c1-37(41-12-14-42(15-13-41)49-38(2)60-36-73-49)61-52(69)47-31-46(66)35-65(47)55(72)50(56(3,4)5)62-51(68)45-32-57(33-45)23-29-64(30-24-57)54(71)44-18-16-43(17-19-44)53(70)63-27-21-39(22-28-63)9-6-7-26-59-48(67)20-11-40-10-8-25-58-34-40/h8,10-20,25,34,36-37,39,45-47,50,66H,6-7,9,21-24,26-33,35H2,1-5H3,(H,59,67)(H,61,69)(H,62,68)/b20-11+/t37-,46+,47-,50+/m0/s1. The number of piperidine rings is 2. The first kappa shape index (κ1) is 53.0. The molecule has 1 aliphatic carbocycles. The Bertz CT molecular complexity index is 2610. The van der Waals surface area contributed by atoms with Crippen molar-refractivity contribution in [1.82, 2.24) is 40.6 Å². The number of nitrogens with one attached hydrogen (secondary N) is 3. The molecule has 73 heavy (non-hydrogen) atoms. The van der Waals surface area contributed by atoms with Gasteiger partial charge in [0.25, 0.3) is 11.8 Å². The van der Waals surface area contributed by atoms with Crippen LogP contribution in [0, 0.1) is 29.6 Å². The number of thiazole rings is 1. The maximum Gasteiger partial charge on any atom is 0.253 e. The molecule has 4 aliphatic rings. The number of pyridine rings is 1. The van der Waals surface area contributed by atoms with Crippen molar-refractivity contribution in [2.45, 2.75) is 123 Å². The van der Waals surface area contributed by atoms with Crippen molar-refractivity contribution < 1.29 is 33.9 Å². The fourth-order valence-electron chi connectivity index (χ4n) is 11.1. The quantitative estimate of drug-likeness (QED) is 0.0655. The number of aliphatic hydroxyl groups excluding tert-OH is 1. The van der Waals surface area contributed by atoms with Crippen molar-refractivity contribution in [2.24, 2.45) is 22.7 Å². The third-order valence-corrected chi connectivity index (χ3v) is 16.6. The Kier molecular flexibility index (Phi) is 16.9. The van der Waals surface area contributed by atoms with Gasteiger partial charge in [-0.3, -0.25) is 33.8 Å². The lowest BCUT2D eigenvalue weighted by atomic mass is 9.57. The minimum Gasteiger partial charge on any atom is -0.391 e. The van der Waals surface area contributed by atoms with Gasteiger partial charge in [0.2, 0.25) is 23.6 Å². The van der Waals surface area contributed by atoms with E-state index in [0.29, 0.717) is 62.6 Å². The summed E-state index contributed by atoms with van der Waals surface area (Å²) >= 11 is 1.58. The molecule has 3 aliphatic heterocycles. The summed E-state index contributed by atoms with van der Waals surface area (Å²) in [7, 11) is 0. The predicted molar refractivity (Wildman–Crippen MR) is 282 cm³/mol. The average Bonchev–Trinajstić information content (AvgIpc) is 4.01. The maximum atomic E-state index is 14.3. The van der Waals surface area contributed by atoms with E-state index in [1.54, 1.807) is 54.1 Å². The molecule has 1 spiro atoms. The van der Waals surface area contributed by atoms with Crippen LogP contribution in [0.1, 0.15) is 135 Å². The summed E-state index contributed by atoms with van der Waals surface area (Å²) in [6, 6.07) is 16.6. The van der Waals surface area contributed by atoms with E-state index in [-0.39, 0.29) is 65.8 Å². The summed E-state index contributed by atoms with van der Waals surface area (Å²) in [5.41, 5.74) is 6.02. The first-order chi connectivity index (χ1) is 35.0. The second kappa shape index (κ2) is 23.3. The molecule has 3 saturated heterocycles. The van der Waals surface area contributed by atoms with E-state index in [0.717, 1.165) is 72.2 Å². The van der Waals surface area contributed by atoms with Gasteiger partial charge in [-0.1, -0.05) is 63.9 Å². The van der Waals surface area contributed by atoms with Gasteiger partial charge >= 0.3 is 0 Å². The first-order valence-corrected chi connectivity index (χ1v) is 27.0. The Morgan fingerprint density at radius 2 is 1.52 bits per heavy atom. The smallest absolute Gasteiger partial charge is 0.253 e. The van der Waals surface area contributed by atoms with E-state index in [1.807, 2.05) is 86.3 Å². The number of aryl methyl sites for hydroxylation is 1. The molecule has 15 nitrogen and oxygen atoms in total. The normalized spacial score (nSPS) is 20.1. The van der Waals surface area contributed by atoms with Crippen LogP contribution < -0.4 is 16.0 Å². The summed E-state index contributed by atoms with van der Waals surface area (Å²) in [5, 5.41) is 19.8. The highest BCUT2D eigenvalue weighted by Crippen LogP contribution is 2.53. The molecule has 388 valence electrons. The van der Waals surface area contributed by atoms with E-state index >= 15 is 0 Å². The van der Waals surface area contributed by atoms with Crippen LogP contribution in [-0.2, 0) is 19.2 Å². The van der Waals surface area contributed by atoms with Crippen molar-refractivity contribution in [3.63, 3.8) is 0 Å². The molecule has 2 aromatic heterocycles. The zero-order valence-corrected chi connectivity index (χ0v) is 43.8. The number of rotatable bonds is 16. The van der Waals surface area contributed by atoms with Crippen LogP contribution in [0.3, 0.4) is 0 Å². The number of aromatic nitrogens is 2. The van der Waals surface area contributed by atoms with Gasteiger partial charge in [0.1, 0.15) is 12.1 Å². The average molecular weight is 1010 g/mol. The van der Waals surface area contributed by atoms with Gasteiger partial charge in [0.05, 0.1) is 28.2 Å². The Hall–Kier alpha value is -6.26. The zero-order valence-electron chi connectivity index (χ0n) is 43.0. The number of amides is 6. The number of likely N-dealkylation sites (tertiary alicyclic amines) is 3. The number of carbonyl (C=O) groups is 6. The van der Waals surface area contributed by atoms with Gasteiger partial charge in [0.15, 0.2) is 0 Å². The van der Waals surface area contributed by atoms with Crippen LogP contribution in [0.4, 0.5) is 0 Å². The monoisotopic (exact) mass is 1010 g/mol. The molecule has 4 atom stereocenters. The molecule has 2 aromatic carbocycles. The summed E-state index contributed by atoms with van der Waals surface area (Å²) in [4.78, 5) is 96.0. The Morgan fingerprint density at radius 1 is 0.863 bits per heavy atom. The van der Waals surface area contributed by atoms with Crippen LogP contribution in [0.5, 0.6) is 0 Å². The van der Waals surface area contributed by atoms with Gasteiger partial charge in [-0.25, -0.2) is 4.98 Å². The fraction of sp³-hybridized carbons (Fsp3) is 0.509. The molecule has 5 heterocycles. The molecule has 0 radical (unpaired) electrons. The topological polar surface area (TPSA) is 194 Å². The molecule has 16 heteroatoms. The molecule has 6 amide bonds. The molecule has 1 saturated carbocycles. The van der Waals surface area contributed by atoms with Crippen LogP contribution >= 0.6 is 11.3 Å². The highest BCUT2D eigenvalue weighted by atomic mass is 32.1. The van der Waals surface area contributed by atoms with Crippen molar-refractivity contribution >= 4 is 52.9 Å². The van der Waals surface area contributed by atoms with Crippen LogP contribution in [-0.4, -0.2) is 123 Å². The van der Waals surface area contributed by atoms with Gasteiger partial charge in [-0.2, -0.15) is 0 Å². The SMILES string of the molecule is Cc1ncsc1-c1ccc([C@H](C)NC(=O)[C@@H]2C[C@@H](O)CN2C(=O)[C@@H](NC(=O)C2CC3(CCN(C(=O)c4ccc(C(=O)N5CCC(CCCCNC(=O)/C=C/c6cccnc6)CC5)cc4)CC3)C2)C(C)(C)C)cc1. The molecular weight excluding hydrogens is 941 g/mol. The number of carbonyl (C=O) groups excluding carboxylic acids is 6. The van der Waals surface area contributed by atoms with Crippen molar-refractivity contribution in [1.29, 1.82) is 0 Å². The van der Waals surface area contributed by atoms with E-state index in [9.17, 15) is 33.9 Å². The van der Waals surface area contributed by atoms with Crippen LogP contribution in [0.25, 0.3) is 16.5 Å². The second-order valence-electron chi connectivity index (χ2n) is 21.9. The molecule has 4 aromatic rings. The Labute approximate surface area is 433 Å². The zero-order chi connectivity index (χ0) is 51.9. The summed E-state index contributed by atoms with van der Waals surface area (Å²) in [6.45, 7) is 12.7. The van der Waals surface area contributed by atoms with Crippen molar-refractivity contribution in [3.05, 3.63) is 113 Å². The molecule has 8 rings (SSSR count). The van der Waals surface area contributed by atoms with E-state index in [2.05, 4.69) is 25.9 Å². The van der Waals surface area contributed by atoms with E-state index < -0.39 is 23.6 Å². The largest absolute Gasteiger partial charge is 0.391 e. The Morgan fingerprint density at radius 3 is 2.12 bits per heavy atom. The Balaban J connectivity index is 0.747. The van der Waals surface area contributed by atoms with E-state index in [1.165, 1.54) is 11.0 Å². The molecular formula is C57H72N8O7S. The lowest BCUT2D eigenvalue weighted by Gasteiger charge is -2.52. The summed E-state index contributed by atoms with van der Waals surface area (Å²) in [6.07, 6.45) is 13.7. The van der Waals surface area contributed by atoms with Crippen molar-refractivity contribution in [2.75, 3.05) is 39.3 Å². The van der Waals surface area contributed by atoms with Crippen molar-refractivity contribution in [3.8, 4) is 10.4 Å². The number of aliphatic hydroxyl groups is 1. The summed E-state index contributed by atoms with van der Waals surface area (Å²) < 4.78 is 0. The van der Waals surface area contributed by atoms with Crippen LogP contribution in [0.2, 0.25) is 0 Å². The third-order valence-electron chi connectivity index (χ3n) is 15.6. The molecule has 0 unspecified atom stereocenters. The molecule has 0 bridgehead atoms. The number of hydrogen-bond donors (Lipinski definition) is 4. The summed E-state index contributed by atoms with van der Waals surface area (Å²) in [5.74, 6) is -0.857. The first-order valence-electron chi connectivity index (χ1n) is 26.1. The molecule has 4 fully saturated rings. The van der Waals surface area contributed by atoms with Gasteiger partial charge < -0.3 is 35.8 Å². The van der Waals surface area contributed by atoms with Gasteiger partial charge in [-0.15, -0.1) is 11.3 Å². The van der Waals surface area contributed by atoms with Gasteiger partial charge in [-0.05, 0) is 129 Å². The fourth-order valence-corrected chi connectivity index (χ4v) is 11.9. The minimum atomic E-state index is -0.910. The number of nitrogens with zero attached hydrogens (tertiary/aromatic N) is 5. The minimum absolute atomic E-state index is 0.000826. The second-order valence-corrected chi connectivity index (χ2v) is 22.8. The predicted octanol–water partition coefficient (Wildman–Crippen LogP) is 7.37. The lowest BCUT2D eigenvalue weighted by molar-refractivity contribution is -0.146. The van der Waals surface area contributed by atoms with E-state index in [4.69, 9.17) is 0 Å².